The van der Waals surface area contributed by atoms with Gasteiger partial charge in [-0.1, -0.05) is 0 Å². The van der Waals surface area contributed by atoms with Crippen LogP contribution in [0.1, 0.15) is 6.42 Å². The molecule has 0 amide bonds. The van der Waals surface area contributed by atoms with E-state index in [0.29, 0.717) is 12.6 Å². The summed E-state index contributed by atoms with van der Waals surface area (Å²) in [5.74, 6) is 1.00. The van der Waals surface area contributed by atoms with Crippen LogP contribution in [0.3, 0.4) is 0 Å². The third kappa shape index (κ3) is 1.22. The third-order valence-electron chi connectivity index (χ3n) is 3.05. The van der Waals surface area contributed by atoms with Gasteiger partial charge in [0.25, 0.3) is 0 Å². The first-order valence-corrected chi connectivity index (χ1v) is 5.19. The molecule has 2 aromatic rings. The molecule has 1 aliphatic heterocycles. The maximum Gasteiger partial charge on any atom is 0.139 e. The Morgan fingerprint density at radius 2 is 2.47 bits per heavy atom. The van der Waals surface area contributed by atoms with Gasteiger partial charge >= 0.3 is 0 Å². The van der Waals surface area contributed by atoms with Gasteiger partial charge in [-0.3, -0.25) is 0 Å². The summed E-state index contributed by atoms with van der Waals surface area (Å²) in [5.41, 5.74) is 6.58. The number of rotatable bonds is 2. The molecule has 1 atom stereocenters. The molecule has 0 spiro atoms. The SMILES string of the molecule is NCC1CCN1c1nccc2occc12. The summed E-state index contributed by atoms with van der Waals surface area (Å²) >= 11 is 0. The maximum absolute atomic E-state index is 5.69. The number of hydrogen-bond acceptors (Lipinski definition) is 4. The fraction of sp³-hybridized carbons (Fsp3) is 0.364. The minimum atomic E-state index is 0.443. The maximum atomic E-state index is 5.69. The Balaban J connectivity index is 2.06. The van der Waals surface area contributed by atoms with E-state index in [9.17, 15) is 0 Å². The Bertz CT molecular complexity index is 477. The van der Waals surface area contributed by atoms with E-state index in [0.717, 1.165) is 29.8 Å². The second-order valence-corrected chi connectivity index (χ2v) is 3.84. The predicted molar refractivity (Wildman–Crippen MR) is 58.8 cm³/mol. The van der Waals surface area contributed by atoms with Crippen LogP contribution in [0, 0.1) is 0 Å². The zero-order chi connectivity index (χ0) is 10.3. The highest BCUT2D eigenvalue weighted by Crippen LogP contribution is 2.31. The predicted octanol–water partition coefficient (Wildman–Crippen LogP) is 1.37. The first-order chi connectivity index (χ1) is 7.40. The molecule has 0 radical (unpaired) electrons. The normalized spacial score (nSPS) is 20.6. The number of furan rings is 1. The molecule has 2 N–H and O–H groups in total. The smallest absolute Gasteiger partial charge is 0.139 e. The lowest BCUT2D eigenvalue weighted by Gasteiger charge is -2.41. The van der Waals surface area contributed by atoms with Gasteiger partial charge in [-0.2, -0.15) is 0 Å². The largest absolute Gasteiger partial charge is 0.464 e. The first kappa shape index (κ1) is 8.73. The van der Waals surface area contributed by atoms with Gasteiger partial charge in [0.05, 0.1) is 11.6 Å². The van der Waals surface area contributed by atoms with E-state index in [1.807, 2.05) is 12.1 Å². The molecule has 4 nitrogen and oxygen atoms in total. The highest BCUT2D eigenvalue weighted by Gasteiger charge is 2.29. The Labute approximate surface area is 87.7 Å². The van der Waals surface area contributed by atoms with E-state index in [4.69, 9.17) is 10.2 Å². The molecule has 78 valence electrons. The molecule has 1 fully saturated rings. The molecule has 0 saturated carbocycles. The van der Waals surface area contributed by atoms with Gasteiger partial charge in [-0.15, -0.1) is 0 Å². The van der Waals surface area contributed by atoms with Gasteiger partial charge < -0.3 is 15.1 Å². The molecular formula is C11H13N3O. The van der Waals surface area contributed by atoms with Crippen LogP contribution in [0.5, 0.6) is 0 Å². The summed E-state index contributed by atoms with van der Waals surface area (Å²) in [6.45, 7) is 1.73. The molecule has 4 heteroatoms. The number of fused-ring (bicyclic) bond motifs is 1. The van der Waals surface area contributed by atoms with Crippen molar-refractivity contribution in [3.63, 3.8) is 0 Å². The summed E-state index contributed by atoms with van der Waals surface area (Å²) < 4.78 is 5.35. The third-order valence-corrected chi connectivity index (χ3v) is 3.05. The van der Waals surface area contributed by atoms with Crippen LogP contribution in [0.4, 0.5) is 5.82 Å². The van der Waals surface area contributed by atoms with Gasteiger partial charge in [0.2, 0.25) is 0 Å². The van der Waals surface area contributed by atoms with E-state index >= 15 is 0 Å². The van der Waals surface area contributed by atoms with Crippen LogP contribution >= 0.6 is 0 Å². The summed E-state index contributed by atoms with van der Waals surface area (Å²) in [6.07, 6.45) is 4.65. The van der Waals surface area contributed by atoms with Crippen molar-refractivity contribution in [1.29, 1.82) is 0 Å². The molecule has 15 heavy (non-hydrogen) atoms. The molecule has 2 aromatic heterocycles. The molecule has 3 heterocycles. The van der Waals surface area contributed by atoms with E-state index in [1.54, 1.807) is 12.5 Å². The zero-order valence-electron chi connectivity index (χ0n) is 8.39. The van der Waals surface area contributed by atoms with Gasteiger partial charge in [-0.05, 0) is 18.6 Å². The second kappa shape index (κ2) is 3.24. The zero-order valence-corrected chi connectivity index (χ0v) is 8.39. The van der Waals surface area contributed by atoms with Crippen LogP contribution in [0.2, 0.25) is 0 Å². The van der Waals surface area contributed by atoms with E-state index in [-0.39, 0.29) is 0 Å². The summed E-state index contributed by atoms with van der Waals surface area (Å²) in [6, 6.07) is 4.29. The number of nitrogens with zero attached hydrogens (tertiary/aromatic N) is 2. The molecule has 3 rings (SSSR count). The number of hydrogen-bond donors (Lipinski definition) is 1. The fourth-order valence-electron chi connectivity index (χ4n) is 2.07. The van der Waals surface area contributed by atoms with Crippen LogP contribution < -0.4 is 10.6 Å². The van der Waals surface area contributed by atoms with Crippen molar-refractivity contribution in [3.05, 3.63) is 24.6 Å². The standard InChI is InChI=1S/C11H13N3O/c12-7-8-2-5-14(8)11-9-3-6-15-10(9)1-4-13-11/h1,3-4,6,8H,2,5,7,12H2. The molecular weight excluding hydrogens is 190 g/mol. The van der Waals surface area contributed by atoms with Gasteiger partial charge in [0.15, 0.2) is 0 Å². The minimum Gasteiger partial charge on any atom is -0.464 e. The molecule has 1 aliphatic rings. The average molecular weight is 203 g/mol. The minimum absolute atomic E-state index is 0.443. The van der Waals surface area contributed by atoms with E-state index in [1.165, 1.54) is 0 Å². The number of nitrogens with two attached hydrogens (primary N) is 1. The lowest BCUT2D eigenvalue weighted by molar-refractivity contribution is 0.453. The molecule has 0 aliphatic carbocycles. The topological polar surface area (TPSA) is 55.3 Å². The van der Waals surface area contributed by atoms with Crippen LogP contribution in [0.15, 0.2) is 29.0 Å². The Kier molecular flexibility index (Phi) is 1.89. The summed E-state index contributed by atoms with van der Waals surface area (Å²) in [4.78, 5) is 6.66. The average Bonchev–Trinajstić information content (AvgIpc) is 2.65. The van der Waals surface area contributed by atoms with Crippen molar-refractivity contribution >= 4 is 16.8 Å². The van der Waals surface area contributed by atoms with E-state index < -0.39 is 0 Å². The molecule has 0 bridgehead atoms. The van der Waals surface area contributed by atoms with E-state index in [2.05, 4.69) is 9.88 Å². The monoisotopic (exact) mass is 203 g/mol. The summed E-state index contributed by atoms with van der Waals surface area (Å²) in [7, 11) is 0. The van der Waals surface area contributed by atoms with Crippen LogP contribution in [-0.2, 0) is 0 Å². The number of aromatic nitrogens is 1. The molecule has 1 saturated heterocycles. The van der Waals surface area contributed by atoms with Gasteiger partial charge in [-0.25, -0.2) is 4.98 Å². The van der Waals surface area contributed by atoms with Crippen molar-refractivity contribution in [1.82, 2.24) is 4.98 Å². The highest BCUT2D eigenvalue weighted by atomic mass is 16.3. The van der Waals surface area contributed by atoms with Crippen molar-refractivity contribution in [2.45, 2.75) is 12.5 Å². The van der Waals surface area contributed by atoms with Gasteiger partial charge in [0, 0.05) is 25.3 Å². The second-order valence-electron chi connectivity index (χ2n) is 3.84. The van der Waals surface area contributed by atoms with Crippen LogP contribution in [-0.4, -0.2) is 24.1 Å². The lowest BCUT2D eigenvalue weighted by Crippen LogP contribution is -2.52. The van der Waals surface area contributed by atoms with Gasteiger partial charge in [0.1, 0.15) is 11.4 Å². The van der Waals surface area contributed by atoms with Crippen LogP contribution in [0.25, 0.3) is 11.0 Å². The number of pyridine rings is 1. The lowest BCUT2D eigenvalue weighted by atomic mass is 10.0. The fourth-order valence-corrected chi connectivity index (χ4v) is 2.07. The summed E-state index contributed by atoms with van der Waals surface area (Å²) in [5, 5.41) is 1.08. The first-order valence-electron chi connectivity index (χ1n) is 5.19. The van der Waals surface area contributed by atoms with Crippen molar-refractivity contribution in [2.24, 2.45) is 5.73 Å². The Hall–Kier alpha value is -1.55. The Morgan fingerprint density at radius 3 is 3.20 bits per heavy atom. The van der Waals surface area contributed by atoms with Crippen molar-refractivity contribution < 1.29 is 4.42 Å². The van der Waals surface area contributed by atoms with Crippen molar-refractivity contribution in [3.8, 4) is 0 Å². The van der Waals surface area contributed by atoms with Crippen molar-refractivity contribution in [2.75, 3.05) is 18.0 Å². The molecule has 1 unspecified atom stereocenters. The highest BCUT2D eigenvalue weighted by molar-refractivity contribution is 5.88. The quantitative estimate of drug-likeness (QED) is 0.800. The Morgan fingerprint density at radius 1 is 1.53 bits per heavy atom. The molecule has 0 aromatic carbocycles. The number of anilines is 1.